The minimum atomic E-state index is -0.558. The number of hydrogen-bond acceptors (Lipinski definition) is 1. The molecule has 1 aromatic heterocycles. The standard InChI is InChI=1S/C15H17ClF2N2/c1-4-12(16)15-9(2)19-20(10(15)3)8-11-13(17)6-5-7-14(11)18/h5-7,12H,4,8H2,1-3H3. The second-order valence-corrected chi connectivity index (χ2v) is 5.34. The molecule has 0 saturated heterocycles. The maximum Gasteiger partial charge on any atom is 0.131 e. The molecule has 2 rings (SSSR count). The molecule has 0 saturated carbocycles. The van der Waals surface area contributed by atoms with Crippen molar-refractivity contribution in [3.8, 4) is 0 Å². The van der Waals surface area contributed by atoms with Gasteiger partial charge >= 0.3 is 0 Å². The molecule has 5 heteroatoms. The van der Waals surface area contributed by atoms with Crippen LogP contribution in [0.25, 0.3) is 0 Å². The maximum atomic E-state index is 13.7. The number of aromatic nitrogens is 2. The lowest BCUT2D eigenvalue weighted by molar-refractivity contribution is 0.528. The van der Waals surface area contributed by atoms with Crippen molar-refractivity contribution in [1.29, 1.82) is 0 Å². The average Bonchev–Trinajstić information content (AvgIpc) is 2.68. The van der Waals surface area contributed by atoms with Gasteiger partial charge in [0.05, 0.1) is 17.6 Å². The van der Waals surface area contributed by atoms with Gasteiger partial charge in [-0.25, -0.2) is 8.78 Å². The van der Waals surface area contributed by atoms with Crippen molar-refractivity contribution in [3.63, 3.8) is 0 Å². The average molecular weight is 299 g/mol. The molecule has 0 aliphatic rings. The van der Waals surface area contributed by atoms with E-state index in [4.69, 9.17) is 11.6 Å². The molecule has 0 fully saturated rings. The van der Waals surface area contributed by atoms with Crippen LogP contribution in [0.5, 0.6) is 0 Å². The van der Waals surface area contributed by atoms with E-state index in [0.29, 0.717) is 0 Å². The highest BCUT2D eigenvalue weighted by molar-refractivity contribution is 6.20. The van der Waals surface area contributed by atoms with Crippen molar-refractivity contribution in [2.75, 3.05) is 0 Å². The molecule has 108 valence electrons. The van der Waals surface area contributed by atoms with Gasteiger partial charge in [-0.3, -0.25) is 4.68 Å². The molecule has 1 atom stereocenters. The van der Waals surface area contributed by atoms with Crippen LogP contribution in [0.3, 0.4) is 0 Å². The fourth-order valence-corrected chi connectivity index (χ4v) is 2.67. The Balaban J connectivity index is 2.40. The van der Waals surface area contributed by atoms with Gasteiger partial charge in [0.25, 0.3) is 0 Å². The molecule has 0 spiro atoms. The summed E-state index contributed by atoms with van der Waals surface area (Å²) in [5.41, 5.74) is 2.63. The zero-order valence-electron chi connectivity index (χ0n) is 11.8. The molecule has 2 nitrogen and oxygen atoms in total. The monoisotopic (exact) mass is 298 g/mol. The molecule has 0 aliphatic carbocycles. The number of halogens is 3. The first-order chi connectivity index (χ1) is 9.45. The van der Waals surface area contributed by atoms with Gasteiger partial charge < -0.3 is 0 Å². The number of aryl methyl sites for hydroxylation is 1. The van der Waals surface area contributed by atoms with Gasteiger partial charge in [0.15, 0.2) is 0 Å². The predicted molar refractivity (Wildman–Crippen MR) is 76.0 cm³/mol. The molecule has 2 aromatic rings. The van der Waals surface area contributed by atoms with Crippen LogP contribution >= 0.6 is 11.6 Å². The van der Waals surface area contributed by atoms with Gasteiger partial charge in [-0.1, -0.05) is 13.0 Å². The Bertz CT molecular complexity index is 602. The SMILES string of the molecule is CCC(Cl)c1c(C)nn(Cc2c(F)cccc2F)c1C. The van der Waals surface area contributed by atoms with E-state index in [2.05, 4.69) is 5.10 Å². The van der Waals surface area contributed by atoms with Crippen molar-refractivity contribution in [2.45, 2.75) is 39.1 Å². The first-order valence-electron chi connectivity index (χ1n) is 6.56. The van der Waals surface area contributed by atoms with Gasteiger partial charge in [0.1, 0.15) is 11.6 Å². The highest BCUT2D eigenvalue weighted by Crippen LogP contribution is 2.30. The summed E-state index contributed by atoms with van der Waals surface area (Å²) in [4.78, 5) is 0. The van der Waals surface area contributed by atoms with Crippen LogP contribution in [0.2, 0.25) is 0 Å². The second kappa shape index (κ2) is 5.92. The van der Waals surface area contributed by atoms with Gasteiger partial charge in [-0.05, 0) is 32.4 Å². The van der Waals surface area contributed by atoms with Crippen LogP contribution in [-0.2, 0) is 6.54 Å². The van der Waals surface area contributed by atoms with E-state index in [1.807, 2.05) is 20.8 Å². The smallest absolute Gasteiger partial charge is 0.131 e. The summed E-state index contributed by atoms with van der Waals surface area (Å²) < 4.78 is 29.0. The molecule has 1 unspecified atom stereocenters. The van der Waals surface area contributed by atoms with E-state index in [1.165, 1.54) is 18.2 Å². The van der Waals surface area contributed by atoms with Crippen LogP contribution in [0.15, 0.2) is 18.2 Å². The first kappa shape index (κ1) is 15.0. The fourth-order valence-electron chi connectivity index (χ4n) is 2.36. The molecular weight excluding hydrogens is 282 g/mol. The quantitative estimate of drug-likeness (QED) is 0.759. The summed E-state index contributed by atoms with van der Waals surface area (Å²) in [6.07, 6.45) is 0.781. The largest absolute Gasteiger partial charge is 0.265 e. The minimum Gasteiger partial charge on any atom is -0.265 e. The van der Waals surface area contributed by atoms with Crippen molar-refractivity contribution >= 4 is 11.6 Å². The summed E-state index contributed by atoms with van der Waals surface area (Å²) in [7, 11) is 0. The minimum absolute atomic E-state index is 0.0206. The molecule has 0 radical (unpaired) electrons. The Morgan fingerprint density at radius 3 is 2.40 bits per heavy atom. The van der Waals surface area contributed by atoms with Crippen LogP contribution < -0.4 is 0 Å². The molecule has 0 amide bonds. The van der Waals surface area contributed by atoms with Crippen molar-refractivity contribution < 1.29 is 8.78 Å². The topological polar surface area (TPSA) is 17.8 Å². The van der Waals surface area contributed by atoms with Crippen LogP contribution in [-0.4, -0.2) is 9.78 Å². The van der Waals surface area contributed by atoms with Crippen molar-refractivity contribution in [1.82, 2.24) is 9.78 Å². The third-order valence-corrected chi connectivity index (χ3v) is 4.01. The van der Waals surface area contributed by atoms with Crippen LogP contribution in [0, 0.1) is 25.5 Å². The molecule has 20 heavy (non-hydrogen) atoms. The lowest BCUT2D eigenvalue weighted by atomic mass is 10.1. The molecule has 1 heterocycles. The lowest BCUT2D eigenvalue weighted by Gasteiger charge is -2.09. The van der Waals surface area contributed by atoms with E-state index < -0.39 is 11.6 Å². The number of nitrogens with zero attached hydrogens (tertiary/aromatic N) is 2. The zero-order chi connectivity index (χ0) is 14.9. The summed E-state index contributed by atoms with van der Waals surface area (Å²) in [6, 6.07) is 3.86. The summed E-state index contributed by atoms with van der Waals surface area (Å²) in [5.74, 6) is -1.12. The van der Waals surface area contributed by atoms with E-state index >= 15 is 0 Å². The highest BCUT2D eigenvalue weighted by Gasteiger charge is 2.19. The summed E-state index contributed by atoms with van der Waals surface area (Å²) in [5, 5.41) is 4.23. The maximum absolute atomic E-state index is 13.7. The highest BCUT2D eigenvalue weighted by atomic mass is 35.5. The molecule has 0 bridgehead atoms. The third-order valence-electron chi connectivity index (χ3n) is 3.48. The van der Waals surface area contributed by atoms with Gasteiger partial charge in [0.2, 0.25) is 0 Å². The zero-order valence-corrected chi connectivity index (χ0v) is 12.5. The molecule has 0 N–H and O–H groups in total. The molecule has 0 aliphatic heterocycles. The van der Waals surface area contributed by atoms with Crippen LogP contribution in [0.1, 0.15) is 41.2 Å². The Morgan fingerprint density at radius 2 is 1.85 bits per heavy atom. The van der Waals surface area contributed by atoms with Crippen LogP contribution in [0.4, 0.5) is 8.78 Å². The normalized spacial score (nSPS) is 12.7. The number of hydrogen-bond donors (Lipinski definition) is 0. The van der Waals surface area contributed by atoms with Crippen molar-refractivity contribution in [2.24, 2.45) is 0 Å². The number of benzene rings is 1. The second-order valence-electron chi connectivity index (χ2n) is 4.82. The molecule has 1 aromatic carbocycles. The Hall–Kier alpha value is -1.42. The van der Waals surface area contributed by atoms with Gasteiger partial charge in [0, 0.05) is 16.8 Å². The van der Waals surface area contributed by atoms with E-state index in [1.54, 1.807) is 4.68 Å². The Labute approximate surface area is 122 Å². The Morgan fingerprint density at radius 1 is 1.25 bits per heavy atom. The van der Waals surface area contributed by atoms with E-state index in [9.17, 15) is 8.78 Å². The number of alkyl halides is 1. The van der Waals surface area contributed by atoms with E-state index in [-0.39, 0.29) is 17.5 Å². The summed E-state index contributed by atoms with van der Waals surface area (Å²) >= 11 is 6.28. The third kappa shape index (κ3) is 2.70. The Kier molecular flexibility index (Phi) is 4.43. The molecular formula is C15H17ClF2N2. The van der Waals surface area contributed by atoms with E-state index in [0.717, 1.165) is 23.4 Å². The first-order valence-corrected chi connectivity index (χ1v) is 7.00. The van der Waals surface area contributed by atoms with Gasteiger partial charge in [-0.2, -0.15) is 5.10 Å². The van der Waals surface area contributed by atoms with Crippen molar-refractivity contribution in [3.05, 3.63) is 52.3 Å². The number of rotatable bonds is 4. The lowest BCUT2D eigenvalue weighted by Crippen LogP contribution is -2.08. The fraction of sp³-hybridized carbons (Fsp3) is 0.400. The van der Waals surface area contributed by atoms with Gasteiger partial charge in [-0.15, -0.1) is 11.6 Å². The summed E-state index contributed by atoms with van der Waals surface area (Å²) in [6.45, 7) is 5.80. The predicted octanol–water partition coefficient (Wildman–Crippen LogP) is 4.52.